The Morgan fingerprint density at radius 1 is 0.782 bits per heavy atom. The lowest BCUT2D eigenvalue weighted by atomic mass is 9.89. The van der Waals surface area contributed by atoms with Gasteiger partial charge in [-0.2, -0.15) is 9.97 Å². The molecule has 3 heterocycles. The third kappa shape index (κ3) is 6.00. The van der Waals surface area contributed by atoms with E-state index in [1.165, 1.54) is 20.8 Å². The summed E-state index contributed by atoms with van der Waals surface area (Å²) < 4.78 is 25.3. The van der Waals surface area contributed by atoms with Gasteiger partial charge in [0.1, 0.15) is 31.6 Å². The summed E-state index contributed by atoms with van der Waals surface area (Å²) in [7, 11) is 0. The van der Waals surface area contributed by atoms with Crippen LogP contribution in [-0.2, 0) is 35.2 Å². The van der Waals surface area contributed by atoms with Crippen LogP contribution in [0.4, 0.5) is 11.6 Å². The Kier molecular flexibility index (Phi) is 8.46. The molecule has 1 fully saturated rings. The third-order valence-corrected chi connectivity index (χ3v) is 10.1. The molecule has 1 saturated heterocycles. The molecule has 0 unspecified atom stereocenters. The molecule has 0 saturated carbocycles. The van der Waals surface area contributed by atoms with Crippen LogP contribution in [-0.4, -0.2) is 56.2 Å². The summed E-state index contributed by atoms with van der Waals surface area (Å²) in [4.78, 5) is 54.1. The number of rotatable bonds is 9. The Morgan fingerprint density at radius 3 is 2.24 bits per heavy atom. The Labute approximate surface area is 314 Å². The topological polar surface area (TPSA) is 135 Å². The number of fused-ring (bicyclic) bond motifs is 3. The highest BCUT2D eigenvalue weighted by atomic mass is 16.6. The molecule has 55 heavy (non-hydrogen) atoms. The average molecular weight is 734 g/mol. The summed E-state index contributed by atoms with van der Waals surface area (Å²) in [5, 5.41) is 8.12. The molecule has 0 N–H and O–H groups in total. The van der Waals surface area contributed by atoms with E-state index >= 15 is 0 Å². The molecule has 0 aliphatic carbocycles. The second-order valence-corrected chi connectivity index (χ2v) is 13.7. The summed E-state index contributed by atoms with van der Waals surface area (Å²) in [6, 6.07) is 32.4. The standard InChI is InChI=1S/C43H35N5O7/c1-24(49)48(40-32-15-8-7-14-30(32)31-18-16-28-12-9-13-29-17-19-33(40)38(31)37(28)29)43-45-41-39(42(46-43)53-21-27-10-5-4-6-11-27)44-23-47(41)36-20-34(54-26(3)51)35(55-36)22-52-25(2)50/h4-19,23,34-36H,20-22H2,1-3H3/t34-,35+,36+/m0/s1. The van der Waals surface area contributed by atoms with Crippen molar-refractivity contribution in [2.75, 3.05) is 11.5 Å². The number of hydrogen-bond acceptors (Lipinski definition) is 10. The molecule has 1 aliphatic heterocycles. The number of amides is 1. The number of nitrogens with zero attached hydrogens (tertiary/aromatic N) is 5. The quantitative estimate of drug-likeness (QED) is 0.0818. The van der Waals surface area contributed by atoms with Crippen LogP contribution in [0, 0.1) is 0 Å². The molecule has 0 bridgehead atoms. The van der Waals surface area contributed by atoms with Gasteiger partial charge in [0.05, 0.1) is 12.0 Å². The van der Waals surface area contributed by atoms with Gasteiger partial charge in [0.2, 0.25) is 17.7 Å². The first kappa shape index (κ1) is 34.1. The first-order valence-corrected chi connectivity index (χ1v) is 18.0. The average Bonchev–Trinajstić information content (AvgIpc) is 3.79. The van der Waals surface area contributed by atoms with Crippen molar-refractivity contribution in [3.05, 3.63) is 109 Å². The van der Waals surface area contributed by atoms with Crippen LogP contribution in [0.3, 0.4) is 0 Å². The lowest BCUT2D eigenvalue weighted by Gasteiger charge is -2.25. The predicted octanol–water partition coefficient (Wildman–Crippen LogP) is 7.92. The van der Waals surface area contributed by atoms with Crippen molar-refractivity contribution in [3.63, 3.8) is 0 Å². The van der Waals surface area contributed by atoms with Gasteiger partial charge in [-0.05, 0) is 32.5 Å². The molecule has 12 heteroatoms. The summed E-state index contributed by atoms with van der Waals surface area (Å²) in [6.07, 6.45) is -0.367. The van der Waals surface area contributed by atoms with Gasteiger partial charge in [0, 0.05) is 43.4 Å². The zero-order chi connectivity index (χ0) is 37.8. The molecule has 8 aromatic rings. The molecule has 0 spiro atoms. The van der Waals surface area contributed by atoms with Crippen LogP contribution in [0.15, 0.2) is 103 Å². The Bertz CT molecular complexity index is 2770. The Morgan fingerprint density at radius 2 is 1.51 bits per heavy atom. The molecule has 1 amide bonds. The van der Waals surface area contributed by atoms with Crippen molar-refractivity contribution < 1.29 is 33.3 Å². The van der Waals surface area contributed by atoms with E-state index in [4.69, 9.17) is 28.9 Å². The number of imidazole rings is 1. The lowest BCUT2D eigenvalue weighted by molar-refractivity contribution is -0.155. The molecule has 6 aromatic carbocycles. The second kappa shape index (κ2) is 13.6. The maximum Gasteiger partial charge on any atom is 0.303 e. The Hall–Kier alpha value is -6.66. The summed E-state index contributed by atoms with van der Waals surface area (Å²) in [5.41, 5.74) is 2.23. The van der Waals surface area contributed by atoms with Crippen LogP contribution in [0.2, 0.25) is 0 Å². The molecule has 0 radical (unpaired) electrons. The van der Waals surface area contributed by atoms with Crippen molar-refractivity contribution in [2.45, 2.75) is 52.2 Å². The van der Waals surface area contributed by atoms with Crippen LogP contribution < -0.4 is 9.64 Å². The molecule has 2 aromatic heterocycles. The van der Waals surface area contributed by atoms with Crippen molar-refractivity contribution in [3.8, 4) is 5.88 Å². The maximum absolute atomic E-state index is 14.1. The number of ether oxygens (including phenoxy) is 4. The molecule has 274 valence electrons. The molecule has 3 atom stereocenters. The van der Waals surface area contributed by atoms with Gasteiger partial charge in [-0.1, -0.05) is 97.1 Å². The van der Waals surface area contributed by atoms with Crippen LogP contribution in [0.5, 0.6) is 5.88 Å². The van der Waals surface area contributed by atoms with E-state index in [9.17, 15) is 14.4 Å². The minimum Gasteiger partial charge on any atom is -0.471 e. The number of aromatic nitrogens is 4. The van der Waals surface area contributed by atoms with Crippen LogP contribution in [0.25, 0.3) is 54.3 Å². The normalized spacial score (nSPS) is 17.0. The van der Waals surface area contributed by atoms with E-state index in [2.05, 4.69) is 47.4 Å². The predicted molar refractivity (Wildman–Crippen MR) is 207 cm³/mol. The fourth-order valence-electron chi connectivity index (χ4n) is 7.79. The minimum absolute atomic E-state index is 0.0796. The first-order chi connectivity index (χ1) is 26.7. The highest BCUT2D eigenvalue weighted by Gasteiger charge is 2.40. The van der Waals surface area contributed by atoms with Crippen LogP contribution in [0.1, 0.15) is 39.0 Å². The fourth-order valence-corrected chi connectivity index (χ4v) is 7.79. The SMILES string of the molecule is CC(=O)OC[C@H]1O[C@@H](n2cnc3c(OCc4ccccc4)nc(N(C(C)=O)c4c5ccccc5c5ccc6cccc7ccc4c5c76)nc32)C[C@@H]1OC(C)=O. The van der Waals surface area contributed by atoms with E-state index in [0.29, 0.717) is 16.9 Å². The summed E-state index contributed by atoms with van der Waals surface area (Å²) in [5.74, 6) is -1.04. The van der Waals surface area contributed by atoms with E-state index in [0.717, 1.165) is 48.7 Å². The van der Waals surface area contributed by atoms with Gasteiger partial charge >= 0.3 is 11.9 Å². The first-order valence-electron chi connectivity index (χ1n) is 18.0. The molecule has 9 rings (SSSR count). The van der Waals surface area contributed by atoms with Crippen molar-refractivity contribution in [1.82, 2.24) is 19.5 Å². The highest BCUT2D eigenvalue weighted by Crippen LogP contribution is 2.46. The van der Waals surface area contributed by atoms with Gasteiger partial charge in [0.25, 0.3) is 0 Å². The van der Waals surface area contributed by atoms with Crippen LogP contribution >= 0.6 is 0 Å². The second-order valence-electron chi connectivity index (χ2n) is 13.7. The number of benzene rings is 6. The zero-order valence-corrected chi connectivity index (χ0v) is 30.3. The van der Waals surface area contributed by atoms with E-state index in [1.54, 1.807) is 15.8 Å². The number of carbonyl (C=O) groups excluding carboxylic acids is 3. The van der Waals surface area contributed by atoms with Gasteiger partial charge in [0.15, 0.2) is 11.2 Å². The summed E-state index contributed by atoms with van der Waals surface area (Å²) >= 11 is 0. The Balaban J connectivity index is 1.25. The number of carbonyl (C=O) groups is 3. The largest absolute Gasteiger partial charge is 0.471 e. The van der Waals surface area contributed by atoms with Gasteiger partial charge in [-0.3, -0.25) is 19.0 Å². The monoisotopic (exact) mass is 733 g/mol. The van der Waals surface area contributed by atoms with E-state index in [-0.39, 0.29) is 37.4 Å². The van der Waals surface area contributed by atoms with Gasteiger partial charge in [-0.15, -0.1) is 0 Å². The van der Waals surface area contributed by atoms with Crippen molar-refractivity contribution in [1.29, 1.82) is 0 Å². The van der Waals surface area contributed by atoms with Gasteiger partial charge < -0.3 is 18.9 Å². The smallest absolute Gasteiger partial charge is 0.303 e. The zero-order valence-electron chi connectivity index (χ0n) is 30.3. The third-order valence-electron chi connectivity index (χ3n) is 10.1. The molecular weight excluding hydrogens is 699 g/mol. The maximum atomic E-state index is 14.1. The fraction of sp³-hybridized carbons (Fsp3) is 0.209. The van der Waals surface area contributed by atoms with E-state index in [1.807, 2.05) is 54.6 Å². The molecular formula is C43H35N5O7. The van der Waals surface area contributed by atoms with Crippen molar-refractivity contribution in [2.24, 2.45) is 0 Å². The van der Waals surface area contributed by atoms with Gasteiger partial charge in [-0.25, -0.2) is 9.88 Å². The molecule has 12 nitrogen and oxygen atoms in total. The minimum atomic E-state index is -0.734. The van der Waals surface area contributed by atoms with Crippen molar-refractivity contribution >= 4 is 83.7 Å². The highest BCUT2D eigenvalue weighted by molar-refractivity contribution is 6.34. The number of anilines is 2. The lowest BCUT2D eigenvalue weighted by Crippen LogP contribution is -2.31. The summed E-state index contributed by atoms with van der Waals surface area (Å²) in [6.45, 7) is 4.18. The van der Waals surface area contributed by atoms with E-state index < -0.39 is 30.4 Å². The number of hydrogen-bond donors (Lipinski definition) is 0. The molecule has 1 aliphatic rings. The number of esters is 2.